The van der Waals surface area contributed by atoms with Crippen LogP contribution in [0.3, 0.4) is 0 Å². The number of carbonyl (C=O) groups is 2. The second-order valence-corrected chi connectivity index (χ2v) is 13.0. The van der Waals surface area contributed by atoms with Crippen LogP contribution in [0, 0.1) is 0 Å². The third-order valence-electron chi connectivity index (χ3n) is 7.62. The smallest absolute Gasteiger partial charge is 0.410 e. The van der Waals surface area contributed by atoms with Gasteiger partial charge in [0.15, 0.2) is 9.84 Å². The summed E-state index contributed by atoms with van der Waals surface area (Å²) >= 11 is 5.93. The zero-order valence-corrected chi connectivity index (χ0v) is 25.6. The lowest BCUT2D eigenvalue weighted by Crippen LogP contribution is -2.48. The number of sulfone groups is 1. The summed E-state index contributed by atoms with van der Waals surface area (Å²) in [7, 11) is -3.27. The first-order chi connectivity index (χ1) is 20.1. The Morgan fingerprint density at radius 3 is 2.24 bits per heavy atom. The molecule has 0 bridgehead atoms. The van der Waals surface area contributed by atoms with Gasteiger partial charge < -0.3 is 19.9 Å². The molecule has 8 nitrogen and oxygen atoms in total. The molecule has 1 atom stereocenters. The van der Waals surface area contributed by atoms with Crippen molar-refractivity contribution in [3.63, 3.8) is 0 Å². The van der Waals surface area contributed by atoms with E-state index in [1.165, 1.54) is 6.26 Å². The molecule has 42 heavy (non-hydrogen) atoms. The second kappa shape index (κ2) is 14.7. The topological polar surface area (TPSA) is 96.0 Å². The third kappa shape index (κ3) is 9.05. The Balaban J connectivity index is 1.29. The summed E-state index contributed by atoms with van der Waals surface area (Å²) in [5, 5.41) is 3.59. The predicted octanol–water partition coefficient (Wildman–Crippen LogP) is 5.52. The molecular weight excluding hydrogens is 574 g/mol. The molecule has 0 spiro atoms. The maximum atomic E-state index is 13.2. The monoisotopic (exact) mass is 611 g/mol. The van der Waals surface area contributed by atoms with E-state index in [2.05, 4.69) is 10.2 Å². The Kier molecular flexibility index (Phi) is 11.0. The van der Waals surface area contributed by atoms with E-state index in [4.69, 9.17) is 16.3 Å². The molecule has 4 rings (SSSR count). The predicted molar refractivity (Wildman–Crippen MR) is 165 cm³/mol. The fraction of sp³-hybridized carbons (Fsp3) is 0.375. The van der Waals surface area contributed by atoms with Crippen molar-refractivity contribution >= 4 is 33.4 Å². The van der Waals surface area contributed by atoms with E-state index in [9.17, 15) is 18.0 Å². The molecule has 2 amide bonds. The molecule has 0 saturated carbocycles. The van der Waals surface area contributed by atoms with Gasteiger partial charge in [0.25, 0.3) is 0 Å². The number of likely N-dealkylation sites (N-methyl/N-ethyl adjacent to an activating group) is 1. The number of amides is 2. The number of carbonyl (C=O) groups excluding carboxylic acids is 2. The van der Waals surface area contributed by atoms with Crippen LogP contribution < -0.4 is 10.1 Å². The quantitative estimate of drug-likeness (QED) is 0.307. The van der Waals surface area contributed by atoms with Crippen LogP contribution in [0.25, 0.3) is 0 Å². The molecule has 1 aliphatic heterocycles. The molecule has 0 unspecified atom stereocenters. The summed E-state index contributed by atoms with van der Waals surface area (Å²) in [6, 6.07) is 23.0. The lowest BCUT2D eigenvalue weighted by molar-refractivity contribution is -0.133. The number of rotatable bonds is 11. The van der Waals surface area contributed by atoms with E-state index in [0.29, 0.717) is 23.7 Å². The molecular formula is C32H38ClN3O5S. The number of hydrogen-bond donors (Lipinski definition) is 1. The zero-order valence-electron chi connectivity index (χ0n) is 24.0. The molecule has 0 aromatic heterocycles. The van der Waals surface area contributed by atoms with Gasteiger partial charge >= 0.3 is 6.09 Å². The summed E-state index contributed by atoms with van der Waals surface area (Å²) in [5.74, 6) is 0.474. The fourth-order valence-corrected chi connectivity index (χ4v) is 6.08. The minimum atomic E-state index is -3.27. The molecule has 1 N–H and O–H groups in total. The molecule has 1 aliphatic rings. The molecule has 3 aromatic carbocycles. The molecule has 1 heterocycles. The van der Waals surface area contributed by atoms with E-state index < -0.39 is 15.9 Å². The van der Waals surface area contributed by atoms with Crippen molar-refractivity contribution in [3.8, 4) is 5.75 Å². The van der Waals surface area contributed by atoms with Gasteiger partial charge in [-0.3, -0.25) is 4.79 Å². The van der Waals surface area contributed by atoms with E-state index >= 15 is 0 Å². The normalized spacial score (nSPS) is 15.1. The zero-order chi connectivity index (χ0) is 30.1. The van der Waals surface area contributed by atoms with Crippen molar-refractivity contribution in [2.45, 2.75) is 49.6 Å². The van der Waals surface area contributed by atoms with Crippen molar-refractivity contribution in [2.24, 2.45) is 0 Å². The van der Waals surface area contributed by atoms with E-state index in [-0.39, 0.29) is 29.3 Å². The van der Waals surface area contributed by atoms with Gasteiger partial charge in [-0.1, -0.05) is 54.1 Å². The number of piperidine rings is 1. The highest BCUT2D eigenvalue weighted by molar-refractivity contribution is 7.90. The molecule has 3 aromatic rings. The van der Waals surface area contributed by atoms with E-state index in [1.54, 1.807) is 48.5 Å². The van der Waals surface area contributed by atoms with Crippen LogP contribution >= 0.6 is 11.6 Å². The van der Waals surface area contributed by atoms with E-state index in [1.807, 2.05) is 42.2 Å². The van der Waals surface area contributed by atoms with Gasteiger partial charge in [0.05, 0.1) is 17.4 Å². The number of halogens is 1. The number of benzene rings is 3. The van der Waals surface area contributed by atoms with Crippen LogP contribution in [-0.2, 0) is 21.1 Å². The lowest BCUT2D eigenvalue weighted by atomic mass is 10.00. The highest BCUT2D eigenvalue weighted by Crippen LogP contribution is 2.23. The Morgan fingerprint density at radius 1 is 1.00 bits per heavy atom. The van der Waals surface area contributed by atoms with Crippen LogP contribution in [0.4, 0.5) is 4.79 Å². The van der Waals surface area contributed by atoms with Crippen molar-refractivity contribution in [3.05, 3.63) is 95.0 Å². The van der Waals surface area contributed by atoms with Crippen LogP contribution in [0.5, 0.6) is 5.75 Å². The number of ether oxygens (including phenoxy) is 1. The average molecular weight is 612 g/mol. The second-order valence-electron chi connectivity index (χ2n) is 10.6. The molecule has 10 heteroatoms. The largest absolute Gasteiger partial charge is 0.413 e. The summed E-state index contributed by atoms with van der Waals surface area (Å²) in [5.41, 5.74) is 1.81. The summed E-state index contributed by atoms with van der Waals surface area (Å²) in [6.07, 6.45) is 3.35. The Hall–Kier alpha value is -3.40. The first kappa shape index (κ1) is 31.5. The molecule has 0 radical (unpaired) electrons. The maximum Gasteiger partial charge on any atom is 0.413 e. The minimum absolute atomic E-state index is 0.0515. The van der Waals surface area contributed by atoms with Crippen LogP contribution in [-0.4, -0.2) is 68.7 Å². The van der Waals surface area contributed by atoms with Gasteiger partial charge in [0.2, 0.25) is 5.91 Å². The van der Waals surface area contributed by atoms with Gasteiger partial charge in [-0.25, -0.2) is 13.2 Å². The van der Waals surface area contributed by atoms with Crippen LogP contribution in [0.15, 0.2) is 83.8 Å². The van der Waals surface area contributed by atoms with Gasteiger partial charge in [-0.05, 0) is 73.7 Å². The molecule has 224 valence electrons. The van der Waals surface area contributed by atoms with Crippen LogP contribution in [0.1, 0.15) is 43.4 Å². The summed E-state index contributed by atoms with van der Waals surface area (Å²) < 4.78 is 28.9. The first-order valence-electron chi connectivity index (χ1n) is 14.2. The highest BCUT2D eigenvalue weighted by Gasteiger charge is 2.27. The molecule has 0 aliphatic carbocycles. The van der Waals surface area contributed by atoms with Gasteiger partial charge in [-0.2, -0.15) is 0 Å². The standard InChI is InChI=1S/C32H38ClN3O5S/c1-3-36(31(37)23-24-9-15-29(16-10-24)42(2,39)40)27-17-20-35(21-18-27)22-19-30(25-7-5-4-6-8-25)34-32(38)41-28-13-11-26(33)12-14-28/h4-16,27,30H,3,17-23H2,1-2H3,(H,34,38)/t30-/m0/s1. The number of likely N-dealkylation sites (tertiary alicyclic amines) is 1. The van der Waals surface area contributed by atoms with Crippen molar-refractivity contribution in [1.82, 2.24) is 15.1 Å². The Labute approximate surface area is 253 Å². The lowest BCUT2D eigenvalue weighted by Gasteiger charge is -2.38. The van der Waals surface area contributed by atoms with Crippen LogP contribution in [0.2, 0.25) is 5.02 Å². The number of nitrogens with zero attached hydrogens (tertiary/aromatic N) is 2. The molecule has 1 saturated heterocycles. The maximum absolute atomic E-state index is 13.2. The average Bonchev–Trinajstić information content (AvgIpc) is 2.98. The van der Waals surface area contributed by atoms with Crippen molar-refractivity contribution in [1.29, 1.82) is 0 Å². The number of nitrogens with one attached hydrogen (secondary N) is 1. The Morgan fingerprint density at radius 2 is 1.64 bits per heavy atom. The third-order valence-corrected chi connectivity index (χ3v) is 9.00. The minimum Gasteiger partial charge on any atom is -0.410 e. The van der Waals surface area contributed by atoms with Gasteiger partial charge in [-0.15, -0.1) is 0 Å². The van der Waals surface area contributed by atoms with E-state index in [0.717, 1.165) is 43.6 Å². The summed E-state index contributed by atoms with van der Waals surface area (Å²) in [6.45, 7) is 5.12. The first-order valence-corrected chi connectivity index (χ1v) is 16.5. The van der Waals surface area contributed by atoms with Gasteiger partial charge in [0, 0.05) is 43.5 Å². The van der Waals surface area contributed by atoms with Crippen molar-refractivity contribution < 1.29 is 22.7 Å². The highest BCUT2D eigenvalue weighted by atomic mass is 35.5. The summed E-state index contributed by atoms with van der Waals surface area (Å²) in [4.78, 5) is 30.4. The van der Waals surface area contributed by atoms with Crippen molar-refractivity contribution in [2.75, 3.05) is 32.4 Å². The van der Waals surface area contributed by atoms with Gasteiger partial charge in [0.1, 0.15) is 5.75 Å². The fourth-order valence-electron chi connectivity index (χ4n) is 5.32. The number of hydrogen-bond acceptors (Lipinski definition) is 6. The SMILES string of the molecule is CCN(C(=O)Cc1ccc(S(C)(=O)=O)cc1)C1CCN(CC[C@H](NC(=O)Oc2ccc(Cl)cc2)c2ccccc2)CC1. The Bertz CT molecular complexity index is 1430. The molecule has 1 fully saturated rings.